The summed E-state index contributed by atoms with van der Waals surface area (Å²) in [6.45, 7) is 3.98. The topological polar surface area (TPSA) is 0 Å². The van der Waals surface area contributed by atoms with E-state index in [1.807, 2.05) is 19.9 Å². The number of hydrogen-bond donors (Lipinski definition) is 0. The smallest absolute Gasteiger partial charge is 0.133 e. The van der Waals surface area contributed by atoms with E-state index < -0.39 is 8.50 Å². The first kappa shape index (κ1) is 13.2. The lowest BCUT2D eigenvalue weighted by Gasteiger charge is -2.17. The van der Waals surface area contributed by atoms with Crippen molar-refractivity contribution in [2.24, 2.45) is 0 Å². The van der Waals surface area contributed by atoms with Gasteiger partial charge in [0, 0.05) is 5.75 Å². The van der Waals surface area contributed by atoms with Gasteiger partial charge in [-0.15, -0.1) is 23.4 Å². The molecule has 0 aliphatic rings. The minimum absolute atomic E-state index is 0.502. The van der Waals surface area contributed by atoms with E-state index >= 15 is 0 Å². The standard InChI is InChI=1S/C7H10Cl4S/c1-3-5(2)4-12-6(8)7(9,10)11/h3,6H,4H2,1-2H3/b5-3-. The fourth-order valence-electron chi connectivity index (χ4n) is 0.382. The monoisotopic (exact) mass is 266 g/mol. The molecule has 0 radical (unpaired) electrons. The maximum atomic E-state index is 5.80. The molecule has 0 bridgehead atoms. The number of thioether (sulfide) groups is 1. The molecule has 0 rings (SSSR count). The van der Waals surface area contributed by atoms with Gasteiger partial charge in [-0.2, -0.15) is 0 Å². The number of alkyl halides is 4. The van der Waals surface area contributed by atoms with Crippen LogP contribution in [0.15, 0.2) is 11.6 Å². The lowest BCUT2D eigenvalue weighted by atomic mass is 10.3. The zero-order chi connectivity index (χ0) is 9.78. The number of halogens is 4. The van der Waals surface area contributed by atoms with Crippen molar-refractivity contribution in [2.45, 2.75) is 22.3 Å². The highest BCUT2D eigenvalue weighted by Crippen LogP contribution is 2.40. The Morgan fingerprint density at radius 1 is 1.50 bits per heavy atom. The highest BCUT2D eigenvalue weighted by Gasteiger charge is 2.30. The van der Waals surface area contributed by atoms with E-state index in [0.717, 1.165) is 5.75 Å². The normalized spacial score (nSPS) is 16.3. The minimum atomic E-state index is -1.39. The zero-order valence-corrected chi connectivity index (χ0v) is 10.6. The molecule has 0 aliphatic heterocycles. The van der Waals surface area contributed by atoms with Gasteiger partial charge >= 0.3 is 0 Å². The van der Waals surface area contributed by atoms with Gasteiger partial charge in [-0.25, -0.2) is 0 Å². The van der Waals surface area contributed by atoms with Crippen molar-refractivity contribution in [2.75, 3.05) is 5.75 Å². The van der Waals surface area contributed by atoms with Crippen LogP contribution in [-0.2, 0) is 0 Å². The molecule has 0 aromatic carbocycles. The van der Waals surface area contributed by atoms with Gasteiger partial charge in [-0.05, 0) is 13.8 Å². The van der Waals surface area contributed by atoms with Crippen LogP contribution in [0.3, 0.4) is 0 Å². The van der Waals surface area contributed by atoms with E-state index in [9.17, 15) is 0 Å². The van der Waals surface area contributed by atoms with Crippen LogP contribution in [0.4, 0.5) is 0 Å². The Morgan fingerprint density at radius 3 is 2.33 bits per heavy atom. The molecule has 12 heavy (non-hydrogen) atoms. The first-order valence-corrected chi connectivity index (χ1v) is 5.94. The molecule has 1 unspecified atom stereocenters. The van der Waals surface area contributed by atoms with Crippen LogP contribution in [0, 0.1) is 0 Å². The molecule has 0 nitrogen and oxygen atoms in total. The summed E-state index contributed by atoms with van der Waals surface area (Å²) in [5.74, 6) is 0.790. The Labute approximate surface area is 97.6 Å². The highest BCUT2D eigenvalue weighted by atomic mass is 35.6. The van der Waals surface area contributed by atoms with Crippen LogP contribution < -0.4 is 0 Å². The lowest BCUT2D eigenvalue weighted by Crippen LogP contribution is -2.16. The molecular weight excluding hydrogens is 258 g/mol. The van der Waals surface area contributed by atoms with Crippen LogP contribution in [-0.4, -0.2) is 14.3 Å². The van der Waals surface area contributed by atoms with E-state index in [4.69, 9.17) is 46.4 Å². The summed E-state index contributed by atoms with van der Waals surface area (Å²) in [4.78, 5) is 0. The predicted molar refractivity (Wildman–Crippen MR) is 61.8 cm³/mol. The lowest BCUT2D eigenvalue weighted by molar-refractivity contribution is 1.20. The molecule has 5 heteroatoms. The summed E-state index contributed by atoms with van der Waals surface area (Å²) >= 11 is 23.9. The van der Waals surface area contributed by atoms with E-state index in [0.29, 0.717) is 0 Å². The number of hydrogen-bond acceptors (Lipinski definition) is 1. The first-order valence-electron chi connectivity index (χ1n) is 3.32. The second-order valence-electron chi connectivity index (χ2n) is 2.30. The van der Waals surface area contributed by atoms with Gasteiger partial charge in [0.15, 0.2) is 0 Å². The second kappa shape index (κ2) is 5.87. The molecule has 72 valence electrons. The Hall–Kier alpha value is 1.25. The number of rotatable bonds is 3. The van der Waals surface area contributed by atoms with Crippen molar-refractivity contribution >= 4 is 58.2 Å². The molecule has 0 heterocycles. The predicted octanol–water partition coefficient (Wildman–Crippen LogP) is 4.62. The van der Waals surface area contributed by atoms with Crippen LogP contribution >= 0.6 is 58.2 Å². The van der Waals surface area contributed by atoms with Gasteiger partial charge in [0.25, 0.3) is 0 Å². The van der Waals surface area contributed by atoms with Crippen molar-refractivity contribution in [1.29, 1.82) is 0 Å². The fraction of sp³-hybridized carbons (Fsp3) is 0.714. The van der Waals surface area contributed by atoms with Crippen molar-refractivity contribution < 1.29 is 0 Å². The van der Waals surface area contributed by atoms with Crippen LogP contribution in [0.5, 0.6) is 0 Å². The fourth-order valence-corrected chi connectivity index (χ4v) is 1.90. The van der Waals surface area contributed by atoms with Crippen molar-refractivity contribution in [3.8, 4) is 0 Å². The summed E-state index contributed by atoms with van der Waals surface area (Å²) in [5, 5.41) is 0. The van der Waals surface area contributed by atoms with Crippen molar-refractivity contribution in [3.05, 3.63) is 11.6 Å². The molecular formula is C7H10Cl4S. The zero-order valence-electron chi connectivity index (χ0n) is 6.78. The molecule has 0 spiro atoms. The van der Waals surface area contributed by atoms with Gasteiger partial charge in [0.2, 0.25) is 3.79 Å². The summed E-state index contributed by atoms with van der Waals surface area (Å²) in [5.41, 5.74) is 1.22. The Balaban J connectivity index is 3.80. The summed E-state index contributed by atoms with van der Waals surface area (Å²) < 4.78 is -1.89. The second-order valence-corrected chi connectivity index (χ2v) is 6.46. The summed E-state index contributed by atoms with van der Waals surface area (Å²) in [6.07, 6.45) is 2.01. The number of allylic oxidation sites excluding steroid dienone is 1. The van der Waals surface area contributed by atoms with Crippen molar-refractivity contribution in [1.82, 2.24) is 0 Å². The summed E-state index contributed by atoms with van der Waals surface area (Å²) in [6, 6.07) is 0. The molecule has 0 aliphatic carbocycles. The highest BCUT2D eigenvalue weighted by molar-refractivity contribution is 8.01. The van der Waals surface area contributed by atoms with Crippen molar-refractivity contribution in [3.63, 3.8) is 0 Å². The Morgan fingerprint density at radius 2 is 2.00 bits per heavy atom. The van der Waals surface area contributed by atoms with Gasteiger partial charge in [0.05, 0.1) is 0 Å². The van der Waals surface area contributed by atoms with E-state index in [1.165, 1.54) is 17.3 Å². The SMILES string of the molecule is C/C=C(/C)CSC(Cl)C(Cl)(Cl)Cl. The van der Waals surface area contributed by atoms with Gasteiger partial charge < -0.3 is 0 Å². The van der Waals surface area contributed by atoms with E-state index in [-0.39, 0.29) is 0 Å². The maximum Gasteiger partial charge on any atom is 0.215 e. The molecule has 0 saturated carbocycles. The largest absolute Gasteiger partial charge is 0.215 e. The Kier molecular flexibility index (Phi) is 6.48. The van der Waals surface area contributed by atoms with Crippen LogP contribution in [0.1, 0.15) is 13.8 Å². The van der Waals surface area contributed by atoms with E-state index in [2.05, 4.69) is 0 Å². The minimum Gasteiger partial charge on any atom is -0.133 e. The average molecular weight is 268 g/mol. The average Bonchev–Trinajstić information content (AvgIpc) is 1.97. The molecule has 0 amide bonds. The summed E-state index contributed by atoms with van der Waals surface area (Å²) in [7, 11) is 0. The van der Waals surface area contributed by atoms with Gasteiger partial charge in [-0.1, -0.05) is 46.5 Å². The van der Waals surface area contributed by atoms with Crippen LogP contribution in [0.2, 0.25) is 0 Å². The molecule has 0 fully saturated rings. The van der Waals surface area contributed by atoms with E-state index in [1.54, 1.807) is 0 Å². The molecule has 0 aromatic heterocycles. The molecule has 0 saturated heterocycles. The maximum absolute atomic E-state index is 5.80. The van der Waals surface area contributed by atoms with Gasteiger partial charge in [-0.3, -0.25) is 0 Å². The third kappa shape index (κ3) is 5.82. The molecule has 1 atom stereocenters. The van der Waals surface area contributed by atoms with Crippen LogP contribution in [0.25, 0.3) is 0 Å². The quantitative estimate of drug-likeness (QED) is 0.531. The molecule has 0 aromatic rings. The first-order chi connectivity index (χ1) is 5.38. The van der Waals surface area contributed by atoms with Gasteiger partial charge in [0.1, 0.15) is 4.71 Å². The molecule has 0 N–H and O–H groups in total. The Bertz CT molecular complexity index is 161. The third-order valence-corrected chi connectivity index (χ3v) is 4.56. The third-order valence-electron chi connectivity index (χ3n) is 1.21.